The molecule has 13 heteroatoms. The van der Waals surface area contributed by atoms with Crippen LogP contribution >= 0.6 is 0 Å². The lowest BCUT2D eigenvalue weighted by Gasteiger charge is -2.46. The lowest BCUT2D eigenvalue weighted by atomic mass is 9.88. The van der Waals surface area contributed by atoms with Crippen LogP contribution in [0.25, 0.3) is 11.3 Å². The molecule has 3 aliphatic heterocycles. The number of nitrogens with zero attached hydrogens (tertiary/aromatic N) is 6. The number of rotatable bonds is 9. The zero-order valence-corrected chi connectivity index (χ0v) is 31.9. The van der Waals surface area contributed by atoms with E-state index in [-0.39, 0.29) is 34.6 Å². The number of aryl methyl sites for hydroxylation is 1. The third-order valence-electron chi connectivity index (χ3n) is 11.5. The maximum Gasteiger partial charge on any atom is 0.293 e. The normalized spacial score (nSPS) is 19.4. The van der Waals surface area contributed by atoms with Gasteiger partial charge in [-0.1, -0.05) is 26.5 Å². The topological polar surface area (TPSA) is 145 Å². The van der Waals surface area contributed by atoms with Crippen LogP contribution in [0, 0.1) is 5.41 Å². The van der Waals surface area contributed by atoms with Gasteiger partial charge in [0.25, 0.3) is 11.5 Å². The van der Waals surface area contributed by atoms with Crippen LogP contribution in [0.5, 0.6) is 0 Å². The number of ether oxygens (including phenoxy) is 1. The van der Waals surface area contributed by atoms with E-state index < -0.39 is 6.61 Å². The van der Waals surface area contributed by atoms with Crippen LogP contribution in [-0.2, 0) is 42.4 Å². The highest BCUT2D eigenvalue weighted by Gasteiger charge is 2.36. The van der Waals surface area contributed by atoms with Gasteiger partial charge in [-0.2, -0.15) is 0 Å². The number of aromatic nitrogens is 3. The van der Waals surface area contributed by atoms with Gasteiger partial charge in [-0.15, -0.1) is 0 Å². The first-order valence-electron chi connectivity index (χ1n) is 19.0. The van der Waals surface area contributed by atoms with Gasteiger partial charge in [0, 0.05) is 74.0 Å². The number of aliphatic hydroxyl groups is 1. The largest absolute Gasteiger partial charge is 0.392 e. The minimum atomic E-state index is -0.393. The molecule has 0 radical (unpaired) electrons. The quantitative estimate of drug-likeness (QED) is 0.211. The molecular formula is C42H48N8O5. The van der Waals surface area contributed by atoms with Gasteiger partial charge in [0.1, 0.15) is 5.82 Å². The first-order valence-corrected chi connectivity index (χ1v) is 19.0. The first-order chi connectivity index (χ1) is 26.4. The van der Waals surface area contributed by atoms with Crippen molar-refractivity contribution in [1.82, 2.24) is 19.4 Å². The number of benzene rings is 2. The number of anilines is 5. The molecule has 1 aliphatic carbocycles. The van der Waals surface area contributed by atoms with E-state index in [9.17, 15) is 19.5 Å². The Hall–Kier alpha value is -5.37. The van der Waals surface area contributed by atoms with Crippen LogP contribution in [0.1, 0.15) is 53.4 Å². The molecule has 2 saturated heterocycles. The highest BCUT2D eigenvalue weighted by atomic mass is 16.5. The van der Waals surface area contributed by atoms with Crippen molar-refractivity contribution >= 4 is 40.5 Å². The molecule has 1 unspecified atom stereocenters. The molecule has 0 saturated carbocycles. The lowest BCUT2D eigenvalue weighted by Crippen LogP contribution is -2.59. The van der Waals surface area contributed by atoms with Gasteiger partial charge in [-0.05, 0) is 84.7 Å². The van der Waals surface area contributed by atoms with Crippen LogP contribution < -0.4 is 26.0 Å². The fourth-order valence-electron chi connectivity index (χ4n) is 8.66. The molecule has 0 spiro atoms. The summed E-state index contributed by atoms with van der Waals surface area (Å²) in [5.74, 6) is -0.0619. The fourth-order valence-corrected chi connectivity index (χ4v) is 8.66. The maximum atomic E-state index is 14.1. The molecule has 13 nitrogen and oxygen atoms in total. The number of hydrogen-bond donors (Lipinski definition) is 3. The summed E-state index contributed by atoms with van der Waals surface area (Å²) in [5.41, 5.74) is 7.64. The van der Waals surface area contributed by atoms with E-state index in [0.29, 0.717) is 58.6 Å². The van der Waals surface area contributed by atoms with Crippen molar-refractivity contribution in [2.75, 3.05) is 59.8 Å². The number of aliphatic hydroxyl groups excluding tert-OH is 1. The van der Waals surface area contributed by atoms with Gasteiger partial charge in [0.2, 0.25) is 5.91 Å². The van der Waals surface area contributed by atoms with Gasteiger partial charge < -0.3 is 29.9 Å². The number of hydrogen-bond acceptors (Lipinski definition) is 10. The van der Waals surface area contributed by atoms with E-state index in [4.69, 9.17) is 9.72 Å². The third-order valence-corrected chi connectivity index (χ3v) is 11.5. The van der Waals surface area contributed by atoms with Crippen LogP contribution in [0.2, 0.25) is 0 Å². The van der Waals surface area contributed by atoms with Crippen molar-refractivity contribution in [3.63, 3.8) is 0 Å². The zero-order valence-electron chi connectivity index (χ0n) is 31.9. The Morgan fingerprint density at radius 3 is 2.62 bits per heavy atom. The molecule has 2 fully saturated rings. The number of nitrogens with one attached hydrogen (secondary N) is 2. The van der Waals surface area contributed by atoms with E-state index in [1.165, 1.54) is 21.8 Å². The molecule has 8 rings (SSSR count). The summed E-state index contributed by atoms with van der Waals surface area (Å²) in [6, 6.07) is 12.0. The summed E-state index contributed by atoms with van der Waals surface area (Å²) >= 11 is 0. The molecule has 2 aromatic heterocycles. The van der Waals surface area contributed by atoms with Crippen LogP contribution in [0.15, 0.2) is 66.2 Å². The molecule has 2 amide bonds. The Labute approximate surface area is 320 Å². The lowest BCUT2D eigenvalue weighted by molar-refractivity contribution is -0.111. The molecule has 5 heterocycles. The fraction of sp³-hybridized carbons (Fsp3) is 0.405. The molecule has 3 N–H and O–H groups in total. The Balaban J connectivity index is 1.09. The predicted molar refractivity (Wildman–Crippen MR) is 213 cm³/mol. The number of carbonyl (C=O) groups is 2. The number of amides is 2. The molecule has 4 aromatic rings. The molecule has 286 valence electrons. The Morgan fingerprint density at radius 1 is 1.07 bits per heavy atom. The van der Waals surface area contributed by atoms with Crippen LogP contribution in [0.4, 0.5) is 28.7 Å². The Kier molecular flexibility index (Phi) is 9.56. The van der Waals surface area contributed by atoms with Crippen molar-refractivity contribution in [3.05, 3.63) is 99.6 Å². The van der Waals surface area contributed by atoms with Crippen LogP contribution in [-0.4, -0.2) is 87.8 Å². The number of piperazine rings is 1. The summed E-state index contributed by atoms with van der Waals surface area (Å²) < 4.78 is 6.85. The number of pyridine rings is 1. The van der Waals surface area contributed by atoms with Crippen molar-refractivity contribution in [2.24, 2.45) is 12.5 Å². The first kappa shape index (κ1) is 36.6. The molecule has 55 heavy (non-hydrogen) atoms. The monoisotopic (exact) mass is 744 g/mol. The van der Waals surface area contributed by atoms with Crippen molar-refractivity contribution in [1.29, 1.82) is 0 Å². The van der Waals surface area contributed by atoms with E-state index in [2.05, 4.69) is 58.8 Å². The summed E-state index contributed by atoms with van der Waals surface area (Å²) in [6.07, 6.45) is 7.09. The second-order valence-electron chi connectivity index (χ2n) is 15.9. The predicted octanol–water partition coefficient (Wildman–Crippen LogP) is 4.44. The summed E-state index contributed by atoms with van der Waals surface area (Å²) in [4.78, 5) is 55.9. The van der Waals surface area contributed by atoms with E-state index in [1.54, 1.807) is 36.5 Å². The standard InChI is InChI=1S/C42H48N8O5/c1-6-37(52)45-34-17-27(8-10-36(34)49-16-15-48(20-25(49)2)28-23-55-24-28)44-38-41(54)47(5)21-35(46-38)30-11-13-43-39(33(30)22-51)50-14-12-29-31(40(50)53)9-7-26-18-42(3,4)19-32(26)29/h6-11,13,17,21,25,28,51H,1,12,14-16,18-20,22-24H2,2-5H3,(H,44,46)(H,45,52). The summed E-state index contributed by atoms with van der Waals surface area (Å²) in [6.45, 7) is 14.4. The van der Waals surface area contributed by atoms with E-state index in [0.717, 1.165) is 56.9 Å². The molecule has 0 bridgehead atoms. The summed E-state index contributed by atoms with van der Waals surface area (Å²) in [5, 5.41) is 16.9. The molecule has 4 aliphatic rings. The Morgan fingerprint density at radius 2 is 1.89 bits per heavy atom. The summed E-state index contributed by atoms with van der Waals surface area (Å²) in [7, 11) is 1.64. The smallest absolute Gasteiger partial charge is 0.293 e. The van der Waals surface area contributed by atoms with Crippen LogP contribution in [0.3, 0.4) is 0 Å². The second-order valence-corrected chi connectivity index (χ2v) is 15.9. The highest BCUT2D eigenvalue weighted by Crippen LogP contribution is 2.41. The van der Waals surface area contributed by atoms with Gasteiger partial charge in [-0.3, -0.25) is 24.2 Å². The second kappa shape index (κ2) is 14.4. The minimum absolute atomic E-state index is 0.0560. The van der Waals surface area contributed by atoms with Crippen molar-refractivity contribution in [2.45, 2.75) is 58.7 Å². The number of carbonyl (C=O) groups excluding carboxylic acids is 2. The van der Waals surface area contributed by atoms with Gasteiger partial charge in [0.05, 0.1) is 42.9 Å². The highest BCUT2D eigenvalue weighted by molar-refractivity contribution is 6.08. The zero-order chi connectivity index (χ0) is 38.6. The molecule has 2 aromatic carbocycles. The SMILES string of the molecule is C=CC(=O)Nc1cc(Nc2nc(-c3ccnc(N4CCc5c(ccc6c5CC(C)(C)C6)C4=O)c3CO)cn(C)c2=O)ccc1N1CCN(C2COC2)CC1C. The Bertz CT molecular complexity index is 2260. The maximum absolute atomic E-state index is 14.1. The average Bonchev–Trinajstić information content (AvgIpc) is 3.47. The van der Waals surface area contributed by atoms with E-state index in [1.807, 2.05) is 18.2 Å². The van der Waals surface area contributed by atoms with Crippen molar-refractivity contribution in [3.8, 4) is 11.3 Å². The van der Waals surface area contributed by atoms with Crippen molar-refractivity contribution < 1.29 is 19.4 Å². The van der Waals surface area contributed by atoms with E-state index >= 15 is 0 Å². The molecule has 1 atom stereocenters. The van der Waals surface area contributed by atoms with Gasteiger partial charge in [-0.25, -0.2) is 9.97 Å². The van der Waals surface area contributed by atoms with Gasteiger partial charge >= 0.3 is 0 Å². The number of fused-ring (bicyclic) bond motifs is 3. The minimum Gasteiger partial charge on any atom is -0.392 e. The average molecular weight is 745 g/mol. The molecular weight excluding hydrogens is 697 g/mol. The third kappa shape index (κ3) is 6.81. The van der Waals surface area contributed by atoms with Gasteiger partial charge in [0.15, 0.2) is 5.82 Å².